The normalized spacial score (nSPS) is 20.7. The van der Waals surface area contributed by atoms with Crippen molar-refractivity contribution in [3.05, 3.63) is 24.5 Å². The molecule has 0 bridgehead atoms. The van der Waals surface area contributed by atoms with Gasteiger partial charge in [-0.05, 0) is 31.7 Å². The van der Waals surface area contributed by atoms with E-state index in [4.69, 9.17) is 0 Å². The van der Waals surface area contributed by atoms with E-state index in [-0.39, 0.29) is 24.4 Å². The van der Waals surface area contributed by atoms with Crippen LogP contribution in [-0.2, 0) is 16.4 Å². The quantitative estimate of drug-likeness (QED) is 0.654. The minimum atomic E-state index is -3.06. The second kappa shape index (κ2) is 8.00. The Morgan fingerprint density at radius 2 is 2.00 bits per heavy atom. The SMILES string of the molecule is CS(=O)(=O)CCn1nccc1Nc1ccnc(N[C@H]2CC[C@H](O)CC2)n1. The lowest BCUT2D eigenvalue weighted by molar-refractivity contribution is 0.126. The summed E-state index contributed by atoms with van der Waals surface area (Å²) in [5.41, 5.74) is 0. The van der Waals surface area contributed by atoms with E-state index in [9.17, 15) is 13.5 Å². The zero-order valence-corrected chi connectivity index (χ0v) is 15.5. The Morgan fingerprint density at radius 1 is 1.23 bits per heavy atom. The topological polar surface area (TPSA) is 122 Å². The first kappa shape index (κ1) is 18.6. The van der Waals surface area contributed by atoms with Gasteiger partial charge in [0.15, 0.2) is 0 Å². The molecule has 0 unspecified atom stereocenters. The number of rotatable bonds is 7. The fourth-order valence-electron chi connectivity index (χ4n) is 2.90. The van der Waals surface area contributed by atoms with Crippen molar-refractivity contribution in [2.75, 3.05) is 22.6 Å². The third-order valence-corrected chi connectivity index (χ3v) is 5.26. The number of aliphatic hydroxyl groups excluding tert-OH is 1. The van der Waals surface area contributed by atoms with Gasteiger partial charge in [0.2, 0.25) is 5.95 Å². The summed E-state index contributed by atoms with van der Waals surface area (Å²) in [5.74, 6) is 1.81. The highest BCUT2D eigenvalue weighted by atomic mass is 32.2. The van der Waals surface area contributed by atoms with Gasteiger partial charge in [-0.25, -0.2) is 18.1 Å². The summed E-state index contributed by atoms with van der Waals surface area (Å²) in [6.07, 6.45) is 7.63. The predicted octanol–water partition coefficient (Wildman–Crippen LogP) is 1.18. The van der Waals surface area contributed by atoms with Crippen molar-refractivity contribution >= 4 is 27.4 Å². The van der Waals surface area contributed by atoms with E-state index in [0.717, 1.165) is 25.7 Å². The maximum absolute atomic E-state index is 11.3. The van der Waals surface area contributed by atoms with Crippen molar-refractivity contribution in [2.24, 2.45) is 0 Å². The van der Waals surface area contributed by atoms with E-state index < -0.39 is 9.84 Å². The van der Waals surface area contributed by atoms with E-state index in [0.29, 0.717) is 17.6 Å². The first-order chi connectivity index (χ1) is 12.4. The summed E-state index contributed by atoms with van der Waals surface area (Å²) in [4.78, 5) is 8.70. The van der Waals surface area contributed by atoms with E-state index in [1.807, 2.05) is 0 Å². The fraction of sp³-hybridized carbons (Fsp3) is 0.562. The highest BCUT2D eigenvalue weighted by molar-refractivity contribution is 7.90. The van der Waals surface area contributed by atoms with Crippen molar-refractivity contribution in [3.63, 3.8) is 0 Å². The third kappa shape index (κ3) is 5.40. The average molecular weight is 380 g/mol. The van der Waals surface area contributed by atoms with Gasteiger partial charge in [0.25, 0.3) is 0 Å². The molecule has 142 valence electrons. The minimum absolute atomic E-state index is 0.0213. The number of anilines is 3. The molecule has 26 heavy (non-hydrogen) atoms. The maximum Gasteiger partial charge on any atom is 0.224 e. The third-order valence-electron chi connectivity index (χ3n) is 4.33. The lowest BCUT2D eigenvalue weighted by atomic mass is 9.93. The van der Waals surface area contributed by atoms with Gasteiger partial charge in [0.05, 0.1) is 24.6 Å². The summed E-state index contributed by atoms with van der Waals surface area (Å²) in [6.45, 7) is 0.273. The van der Waals surface area contributed by atoms with Crippen LogP contribution in [0.4, 0.5) is 17.6 Å². The molecule has 0 amide bonds. The number of aliphatic hydroxyl groups is 1. The molecule has 3 rings (SSSR count). The predicted molar refractivity (Wildman–Crippen MR) is 99.1 cm³/mol. The van der Waals surface area contributed by atoms with Crippen LogP contribution in [0.2, 0.25) is 0 Å². The van der Waals surface area contributed by atoms with E-state index in [1.165, 1.54) is 6.26 Å². The van der Waals surface area contributed by atoms with Crippen LogP contribution >= 0.6 is 0 Å². The molecule has 2 aromatic heterocycles. The molecule has 0 aliphatic heterocycles. The molecule has 0 radical (unpaired) electrons. The number of nitrogens with zero attached hydrogens (tertiary/aromatic N) is 4. The molecule has 1 aliphatic carbocycles. The summed E-state index contributed by atoms with van der Waals surface area (Å²) in [7, 11) is -3.06. The Balaban J connectivity index is 1.63. The second-order valence-electron chi connectivity index (χ2n) is 6.61. The average Bonchev–Trinajstić information content (AvgIpc) is 3.02. The molecule has 1 saturated carbocycles. The molecule has 0 spiro atoms. The molecule has 1 aliphatic rings. The van der Waals surface area contributed by atoms with Gasteiger partial charge in [-0.1, -0.05) is 0 Å². The van der Waals surface area contributed by atoms with E-state index in [2.05, 4.69) is 25.7 Å². The Morgan fingerprint density at radius 3 is 2.73 bits per heavy atom. The molecular weight excluding hydrogens is 356 g/mol. The highest BCUT2D eigenvalue weighted by Gasteiger charge is 2.19. The van der Waals surface area contributed by atoms with E-state index in [1.54, 1.807) is 29.2 Å². The van der Waals surface area contributed by atoms with Gasteiger partial charge in [-0.3, -0.25) is 0 Å². The number of hydrogen-bond donors (Lipinski definition) is 3. The zero-order valence-electron chi connectivity index (χ0n) is 14.7. The number of aromatic nitrogens is 4. The molecule has 2 heterocycles. The van der Waals surface area contributed by atoms with Crippen LogP contribution in [0.1, 0.15) is 25.7 Å². The molecule has 0 saturated heterocycles. The Hall–Kier alpha value is -2.20. The van der Waals surface area contributed by atoms with Gasteiger partial charge >= 0.3 is 0 Å². The summed E-state index contributed by atoms with van der Waals surface area (Å²) >= 11 is 0. The molecule has 3 N–H and O–H groups in total. The van der Waals surface area contributed by atoms with Crippen molar-refractivity contribution in [2.45, 2.75) is 44.4 Å². The van der Waals surface area contributed by atoms with Gasteiger partial charge in [-0.15, -0.1) is 0 Å². The maximum atomic E-state index is 11.3. The summed E-state index contributed by atoms with van der Waals surface area (Å²) < 4.78 is 24.3. The summed E-state index contributed by atoms with van der Waals surface area (Å²) in [6, 6.07) is 3.76. The molecule has 9 nitrogen and oxygen atoms in total. The highest BCUT2D eigenvalue weighted by Crippen LogP contribution is 2.21. The first-order valence-corrected chi connectivity index (χ1v) is 10.7. The van der Waals surface area contributed by atoms with Gasteiger partial charge in [0, 0.05) is 24.6 Å². The molecule has 1 fully saturated rings. The van der Waals surface area contributed by atoms with Crippen LogP contribution in [0.15, 0.2) is 24.5 Å². The summed E-state index contributed by atoms with van der Waals surface area (Å²) in [5, 5.41) is 20.2. The van der Waals surface area contributed by atoms with Crippen molar-refractivity contribution < 1.29 is 13.5 Å². The number of nitrogens with one attached hydrogen (secondary N) is 2. The van der Waals surface area contributed by atoms with Crippen LogP contribution in [-0.4, -0.2) is 57.4 Å². The van der Waals surface area contributed by atoms with Crippen molar-refractivity contribution in [1.82, 2.24) is 19.7 Å². The Kier molecular flexibility index (Phi) is 5.72. The largest absolute Gasteiger partial charge is 0.393 e. The van der Waals surface area contributed by atoms with Crippen LogP contribution < -0.4 is 10.6 Å². The van der Waals surface area contributed by atoms with Gasteiger partial charge < -0.3 is 15.7 Å². The lowest BCUT2D eigenvalue weighted by Gasteiger charge is -2.26. The van der Waals surface area contributed by atoms with E-state index >= 15 is 0 Å². The van der Waals surface area contributed by atoms with Crippen LogP contribution in [0.5, 0.6) is 0 Å². The zero-order chi connectivity index (χ0) is 18.6. The minimum Gasteiger partial charge on any atom is -0.393 e. The molecular formula is C16H24N6O3S. The molecule has 2 aromatic rings. The smallest absolute Gasteiger partial charge is 0.224 e. The number of sulfone groups is 1. The van der Waals surface area contributed by atoms with Crippen molar-refractivity contribution in [1.29, 1.82) is 0 Å². The standard InChI is InChI=1S/C16H24N6O3S/c1-26(24,25)11-10-22-15(7-9-18-22)20-14-6-8-17-16(21-14)19-12-2-4-13(23)5-3-12/h6-9,12-13,23H,2-5,10-11H2,1H3,(H2,17,19,20,21)/t12-,13-. The molecule has 0 aromatic carbocycles. The number of aryl methyl sites for hydroxylation is 1. The molecule has 10 heteroatoms. The van der Waals surface area contributed by atoms with Crippen LogP contribution in [0.3, 0.4) is 0 Å². The Bertz CT molecular complexity index is 830. The first-order valence-electron chi connectivity index (χ1n) is 8.63. The number of hydrogen-bond acceptors (Lipinski definition) is 8. The van der Waals surface area contributed by atoms with Gasteiger partial charge in [0.1, 0.15) is 21.5 Å². The second-order valence-corrected chi connectivity index (χ2v) is 8.87. The lowest BCUT2D eigenvalue weighted by Crippen LogP contribution is -2.28. The Labute approximate surface area is 152 Å². The van der Waals surface area contributed by atoms with Crippen LogP contribution in [0, 0.1) is 0 Å². The fourth-order valence-corrected chi connectivity index (χ4v) is 3.41. The van der Waals surface area contributed by atoms with Crippen molar-refractivity contribution in [3.8, 4) is 0 Å². The van der Waals surface area contributed by atoms with Crippen LogP contribution in [0.25, 0.3) is 0 Å². The van der Waals surface area contributed by atoms with Gasteiger partial charge in [-0.2, -0.15) is 10.1 Å². The monoisotopic (exact) mass is 380 g/mol. The molecule has 0 atom stereocenters.